The molecule has 0 aromatic carbocycles. The zero-order valence-electron chi connectivity index (χ0n) is 43.4. The summed E-state index contributed by atoms with van der Waals surface area (Å²) < 4.78 is 16.9. The second-order valence-electron chi connectivity index (χ2n) is 20.5. The monoisotopic (exact) mass is 891 g/mol. The summed E-state index contributed by atoms with van der Waals surface area (Å²) in [6, 6.07) is 0. The van der Waals surface area contributed by atoms with Crippen LogP contribution in [0.3, 0.4) is 0 Å². The van der Waals surface area contributed by atoms with Crippen LogP contribution in [0.5, 0.6) is 0 Å². The van der Waals surface area contributed by atoms with E-state index < -0.39 is 6.10 Å². The molecule has 0 aliphatic heterocycles. The molecule has 6 nitrogen and oxygen atoms in total. The lowest BCUT2D eigenvalue weighted by atomic mass is 9.99. The van der Waals surface area contributed by atoms with Gasteiger partial charge in [-0.3, -0.25) is 14.4 Å². The van der Waals surface area contributed by atoms with Crippen LogP contribution in [0.1, 0.15) is 311 Å². The fourth-order valence-corrected chi connectivity index (χ4v) is 8.58. The van der Waals surface area contributed by atoms with Gasteiger partial charge in [0.25, 0.3) is 0 Å². The second-order valence-corrected chi connectivity index (χ2v) is 20.5. The van der Waals surface area contributed by atoms with E-state index in [1.165, 1.54) is 193 Å². The van der Waals surface area contributed by atoms with E-state index >= 15 is 0 Å². The highest BCUT2D eigenvalue weighted by Gasteiger charge is 2.19. The number of ether oxygens (including phenoxy) is 3. The van der Waals surface area contributed by atoms with Crippen LogP contribution in [0.15, 0.2) is 0 Å². The van der Waals surface area contributed by atoms with Crippen molar-refractivity contribution in [1.29, 1.82) is 0 Å². The molecular formula is C57H110O6. The quantitative estimate of drug-likeness (QED) is 0.0344. The number of esters is 3. The lowest BCUT2D eigenvalue weighted by molar-refractivity contribution is -0.167. The summed E-state index contributed by atoms with van der Waals surface area (Å²) in [5.41, 5.74) is 0. The van der Waals surface area contributed by atoms with Crippen molar-refractivity contribution < 1.29 is 28.6 Å². The number of hydrogen-bond donors (Lipinski definition) is 0. The average molecular weight is 892 g/mol. The Balaban J connectivity index is 4.27. The zero-order chi connectivity index (χ0) is 46.3. The Kier molecular flexibility index (Phi) is 47.1. The van der Waals surface area contributed by atoms with E-state index in [0.717, 1.165) is 75.5 Å². The van der Waals surface area contributed by atoms with E-state index in [2.05, 4.69) is 41.5 Å². The Morgan fingerprint density at radius 2 is 0.556 bits per heavy atom. The fraction of sp³-hybridized carbons (Fsp3) is 0.947. The summed E-state index contributed by atoms with van der Waals surface area (Å²) in [7, 11) is 0. The topological polar surface area (TPSA) is 78.9 Å². The Bertz CT molecular complexity index is 980. The molecule has 63 heavy (non-hydrogen) atoms. The largest absolute Gasteiger partial charge is 0.462 e. The van der Waals surface area contributed by atoms with E-state index in [4.69, 9.17) is 14.2 Å². The maximum Gasteiger partial charge on any atom is 0.306 e. The summed E-state index contributed by atoms with van der Waals surface area (Å²) in [4.78, 5) is 38.0. The molecule has 0 spiro atoms. The van der Waals surface area contributed by atoms with Crippen molar-refractivity contribution in [2.75, 3.05) is 13.2 Å². The van der Waals surface area contributed by atoms with Crippen molar-refractivity contribution in [3.63, 3.8) is 0 Å². The highest BCUT2D eigenvalue weighted by molar-refractivity contribution is 5.71. The van der Waals surface area contributed by atoms with Gasteiger partial charge in [0.2, 0.25) is 0 Å². The first-order chi connectivity index (χ1) is 30.7. The molecule has 0 aromatic heterocycles. The number of unbranched alkanes of at least 4 members (excludes halogenated alkanes) is 31. The Morgan fingerprint density at radius 3 is 0.825 bits per heavy atom. The molecule has 0 radical (unpaired) electrons. The molecule has 0 fully saturated rings. The van der Waals surface area contributed by atoms with Gasteiger partial charge >= 0.3 is 17.9 Å². The van der Waals surface area contributed by atoms with Gasteiger partial charge in [-0.25, -0.2) is 0 Å². The third-order valence-electron chi connectivity index (χ3n) is 13.6. The molecule has 0 saturated carbocycles. The SMILES string of the molecule is CCC(C)CCCCCCCCCCCCCCCCC(=O)O[C@H](COC(=O)CCCCCCCCCCCCCCCCC(C)C)COC(=O)CCCCCCCCC(C)CC. The first kappa shape index (κ1) is 61.4. The molecule has 3 atom stereocenters. The van der Waals surface area contributed by atoms with Gasteiger partial charge < -0.3 is 14.2 Å². The number of rotatable bonds is 50. The zero-order valence-corrected chi connectivity index (χ0v) is 43.4. The van der Waals surface area contributed by atoms with E-state index in [0.29, 0.717) is 19.3 Å². The van der Waals surface area contributed by atoms with E-state index in [1.54, 1.807) is 0 Å². The van der Waals surface area contributed by atoms with Gasteiger partial charge in [0.05, 0.1) is 0 Å². The Labute approximate surface area is 393 Å². The van der Waals surface area contributed by atoms with Crippen LogP contribution in [-0.4, -0.2) is 37.2 Å². The number of hydrogen-bond acceptors (Lipinski definition) is 6. The maximum absolute atomic E-state index is 12.8. The van der Waals surface area contributed by atoms with E-state index in [-0.39, 0.29) is 31.1 Å². The molecule has 0 bridgehead atoms. The molecule has 374 valence electrons. The van der Waals surface area contributed by atoms with Crippen molar-refractivity contribution >= 4 is 17.9 Å². The van der Waals surface area contributed by atoms with Gasteiger partial charge in [0.15, 0.2) is 6.10 Å². The van der Waals surface area contributed by atoms with E-state index in [9.17, 15) is 14.4 Å². The molecule has 2 unspecified atom stereocenters. The van der Waals surface area contributed by atoms with Gasteiger partial charge in [0.1, 0.15) is 13.2 Å². The minimum Gasteiger partial charge on any atom is -0.462 e. The minimum atomic E-state index is -0.764. The predicted octanol–water partition coefficient (Wildman–Crippen LogP) is 18.3. The molecule has 0 aromatic rings. The van der Waals surface area contributed by atoms with Crippen LogP contribution in [0, 0.1) is 17.8 Å². The molecule has 0 heterocycles. The summed E-state index contributed by atoms with van der Waals surface area (Å²) in [6.07, 6.45) is 49.5. The highest BCUT2D eigenvalue weighted by Crippen LogP contribution is 2.19. The van der Waals surface area contributed by atoms with Crippen LogP contribution in [-0.2, 0) is 28.6 Å². The van der Waals surface area contributed by atoms with Crippen molar-refractivity contribution in [3.8, 4) is 0 Å². The molecular weight excluding hydrogens is 781 g/mol. The number of carbonyl (C=O) groups is 3. The smallest absolute Gasteiger partial charge is 0.306 e. The predicted molar refractivity (Wildman–Crippen MR) is 270 cm³/mol. The molecule has 6 heteroatoms. The maximum atomic E-state index is 12.8. The van der Waals surface area contributed by atoms with E-state index in [1.807, 2.05) is 0 Å². The Hall–Kier alpha value is -1.59. The molecule has 0 N–H and O–H groups in total. The lowest BCUT2D eigenvalue weighted by Crippen LogP contribution is -2.30. The fourth-order valence-electron chi connectivity index (χ4n) is 8.58. The highest BCUT2D eigenvalue weighted by atomic mass is 16.6. The van der Waals surface area contributed by atoms with Crippen molar-refractivity contribution in [1.82, 2.24) is 0 Å². The van der Waals surface area contributed by atoms with Crippen LogP contribution in [0.4, 0.5) is 0 Å². The van der Waals surface area contributed by atoms with Crippen LogP contribution >= 0.6 is 0 Å². The summed E-state index contributed by atoms with van der Waals surface area (Å²) in [5, 5.41) is 0. The third-order valence-corrected chi connectivity index (χ3v) is 13.6. The van der Waals surface area contributed by atoms with Crippen LogP contribution in [0.2, 0.25) is 0 Å². The van der Waals surface area contributed by atoms with Gasteiger partial charge in [0, 0.05) is 19.3 Å². The average Bonchev–Trinajstić information content (AvgIpc) is 3.27. The summed E-state index contributed by atoms with van der Waals surface area (Å²) in [6.45, 7) is 13.8. The molecule has 0 saturated heterocycles. The van der Waals surface area contributed by atoms with Crippen molar-refractivity contribution in [2.45, 2.75) is 317 Å². The molecule has 0 rings (SSSR count). The second kappa shape index (κ2) is 48.3. The minimum absolute atomic E-state index is 0.0645. The third kappa shape index (κ3) is 48.2. The van der Waals surface area contributed by atoms with Crippen LogP contribution in [0.25, 0.3) is 0 Å². The van der Waals surface area contributed by atoms with Gasteiger partial charge in [-0.15, -0.1) is 0 Å². The van der Waals surface area contributed by atoms with Gasteiger partial charge in [-0.2, -0.15) is 0 Å². The molecule has 0 aliphatic carbocycles. The van der Waals surface area contributed by atoms with Crippen molar-refractivity contribution in [2.24, 2.45) is 17.8 Å². The summed E-state index contributed by atoms with van der Waals surface area (Å²) in [5.74, 6) is 1.70. The Morgan fingerprint density at radius 1 is 0.317 bits per heavy atom. The van der Waals surface area contributed by atoms with Crippen molar-refractivity contribution in [3.05, 3.63) is 0 Å². The van der Waals surface area contributed by atoms with Crippen LogP contribution < -0.4 is 0 Å². The molecule has 0 amide bonds. The first-order valence-electron chi connectivity index (χ1n) is 28.2. The van der Waals surface area contributed by atoms with Gasteiger partial charge in [-0.1, -0.05) is 273 Å². The number of carbonyl (C=O) groups excluding carboxylic acids is 3. The standard InChI is InChI=1S/C57H110O6/c1-7-52(5)44-38-32-26-22-18-14-10-12-16-20-24-28-36-42-48-57(60)63-54(50-62-56(59)47-41-35-30-29-33-39-45-53(6)8-2)49-61-55(58)46-40-34-27-23-19-15-11-9-13-17-21-25-31-37-43-51(3)4/h51-54H,7-50H2,1-6H3/t52?,53?,54-/m1/s1. The normalized spacial score (nSPS) is 13.0. The first-order valence-corrected chi connectivity index (χ1v) is 28.2. The lowest BCUT2D eigenvalue weighted by Gasteiger charge is -2.18. The summed E-state index contributed by atoms with van der Waals surface area (Å²) >= 11 is 0. The van der Waals surface area contributed by atoms with Gasteiger partial charge in [-0.05, 0) is 37.0 Å². The molecule has 0 aliphatic rings.